The van der Waals surface area contributed by atoms with Crippen molar-refractivity contribution in [1.82, 2.24) is 5.32 Å². The lowest BCUT2D eigenvalue weighted by Crippen LogP contribution is -2.33. The molecular formula is C15H20FNO. The van der Waals surface area contributed by atoms with Gasteiger partial charge in [-0.05, 0) is 43.2 Å². The molecule has 0 saturated heterocycles. The van der Waals surface area contributed by atoms with Gasteiger partial charge in [0.2, 0.25) is 0 Å². The van der Waals surface area contributed by atoms with Crippen molar-refractivity contribution in [3.8, 4) is 0 Å². The Morgan fingerprint density at radius 2 is 2.11 bits per heavy atom. The van der Waals surface area contributed by atoms with Crippen LogP contribution in [0.25, 0.3) is 0 Å². The topological polar surface area (TPSA) is 29.1 Å². The average Bonchev–Trinajstić information content (AvgIpc) is 3.10. The molecule has 1 aromatic carbocycles. The molecule has 0 aromatic heterocycles. The Kier molecular flexibility index (Phi) is 3.42. The summed E-state index contributed by atoms with van der Waals surface area (Å²) in [4.78, 5) is 12.0. The summed E-state index contributed by atoms with van der Waals surface area (Å²) >= 11 is 0. The molecule has 0 bridgehead atoms. The van der Waals surface area contributed by atoms with Crippen LogP contribution in [0.15, 0.2) is 18.2 Å². The van der Waals surface area contributed by atoms with Gasteiger partial charge in [0.05, 0.1) is 5.56 Å². The van der Waals surface area contributed by atoms with Gasteiger partial charge in [0, 0.05) is 6.54 Å². The molecule has 1 amide bonds. The number of hydrogen-bond acceptors (Lipinski definition) is 1. The van der Waals surface area contributed by atoms with Gasteiger partial charge < -0.3 is 5.32 Å². The lowest BCUT2D eigenvalue weighted by Gasteiger charge is -2.20. The smallest absolute Gasteiger partial charge is 0.254 e. The zero-order valence-corrected chi connectivity index (χ0v) is 11.2. The van der Waals surface area contributed by atoms with Gasteiger partial charge in [0.1, 0.15) is 5.82 Å². The highest BCUT2D eigenvalue weighted by Gasteiger charge is 2.45. The van der Waals surface area contributed by atoms with Gasteiger partial charge in [-0.3, -0.25) is 4.79 Å². The van der Waals surface area contributed by atoms with E-state index in [4.69, 9.17) is 0 Å². The fourth-order valence-electron chi connectivity index (χ4n) is 2.28. The van der Waals surface area contributed by atoms with E-state index in [0.29, 0.717) is 12.5 Å². The summed E-state index contributed by atoms with van der Waals surface area (Å²) in [6.45, 7) is 6.85. The number of carbonyl (C=O) groups excluding carboxylic acids is 1. The molecule has 1 aromatic rings. The summed E-state index contributed by atoms with van der Waals surface area (Å²) in [7, 11) is 0. The van der Waals surface area contributed by atoms with Gasteiger partial charge in [0.25, 0.3) is 5.91 Å². The number of halogens is 1. The molecule has 18 heavy (non-hydrogen) atoms. The van der Waals surface area contributed by atoms with Crippen LogP contribution in [0.1, 0.15) is 42.6 Å². The number of carbonyl (C=O) groups is 1. The maximum atomic E-state index is 13.6. The zero-order chi connectivity index (χ0) is 13.3. The second kappa shape index (κ2) is 4.71. The van der Waals surface area contributed by atoms with E-state index in [0.717, 1.165) is 18.4 Å². The minimum atomic E-state index is -0.451. The molecule has 1 aliphatic carbocycles. The van der Waals surface area contributed by atoms with Crippen molar-refractivity contribution in [3.63, 3.8) is 0 Å². The van der Waals surface area contributed by atoms with Gasteiger partial charge in [-0.25, -0.2) is 4.39 Å². The number of rotatable bonds is 4. The summed E-state index contributed by atoms with van der Waals surface area (Å²) < 4.78 is 13.6. The predicted molar refractivity (Wildman–Crippen MR) is 70.0 cm³/mol. The first kappa shape index (κ1) is 13.1. The average molecular weight is 249 g/mol. The number of amides is 1. The van der Waals surface area contributed by atoms with Crippen LogP contribution in [0, 0.1) is 24.1 Å². The Morgan fingerprint density at radius 1 is 1.44 bits per heavy atom. The van der Waals surface area contributed by atoms with Gasteiger partial charge in [-0.1, -0.05) is 25.5 Å². The predicted octanol–water partition coefficient (Wildman–Crippen LogP) is 3.30. The largest absolute Gasteiger partial charge is 0.351 e. The molecule has 98 valence electrons. The number of hydrogen-bond donors (Lipinski definition) is 1. The third kappa shape index (κ3) is 2.55. The molecule has 1 fully saturated rings. The Labute approximate surface area is 108 Å². The molecule has 1 N–H and O–H groups in total. The molecule has 0 unspecified atom stereocenters. The van der Waals surface area contributed by atoms with Gasteiger partial charge in [0.15, 0.2) is 0 Å². The second-order valence-electron chi connectivity index (χ2n) is 5.68. The Hall–Kier alpha value is -1.38. The van der Waals surface area contributed by atoms with Crippen LogP contribution < -0.4 is 5.32 Å². The first-order chi connectivity index (χ1) is 8.44. The fourth-order valence-corrected chi connectivity index (χ4v) is 2.28. The Morgan fingerprint density at radius 3 is 2.67 bits per heavy atom. The monoisotopic (exact) mass is 249 g/mol. The van der Waals surface area contributed by atoms with E-state index in [-0.39, 0.29) is 16.9 Å². The first-order valence-electron chi connectivity index (χ1n) is 6.49. The molecule has 0 heterocycles. The van der Waals surface area contributed by atoms with E-state index in [1.807, 2.05) is 6.92 Å². The van der Waals surface area contributed by atoms with Crippen LogP contribution in [-0.2, 0) is 0 Å². The van der Waals surface area contributed by atoms with Crippen molar-refractivity contribution in [2.24, 2.45) is 11.3 Å². The van der Waals surface area contributed by atoms with Crippen molar-refractivity contribution in [1.29, 1.82) is 0 Å². The number of benzene rings is 1. The molecule has 2 nitrogen and oxygen atoms in total. The number of nitrogens with one attached hydrogen (secondary N) is 1. The van der Waals surface area contributed by atoms with E-state index in [1.54, 1.807) is 12.1 Å². The van der Waals surface area contributed by atoms with Crippen LogP contribution in [0.4, 0.5) is 4.39 Å². The van der Waals surface area contributed by atoms with Crippen molar-refractivity contribution in [3.05, 3.63) is 35.1 Å². The maximum Gasteiger partial charge on any atom is 0.254 e. The number of aryl methyl sites for hydroxylation is 1. The normalized spacial score (nSPS) is 16.7. The molecule has 0 aliphatic heterocycles. The summed E-state index contributed by atoms with van der Waals surface area (Å²) in [5.41, 5.74) is 1.29. The van der Waals surface area contributed by atoms with Gasteiger partial charge in [-0.15, -0.1) is 0 Å². The third-order valence-electron chi connectivity index (χ3n) is 4.08. The van der Waals surface area contributed by atoms with Crippen molar-refractivity contribution in [2.75, 3.05) is 6.54 Å². The molecular weight excluding hydrogens is 229 g/mol. The second-order valence-corrected chi connectivity index (χ2v) is 5.68. The van der Waals surface area contributed by atoms with Crippen LogP contribution in [-0.4, -0.2) is 12.5 Å². The minimum absolute atomic E-state index is 0.148. The standard InChI is InChI=1S/C15H20FNO/c1-10(2)15(6-7-15)9-17-14(18)12-8-11(3)4-5-13(12)16/h4-5,8,10H,6-7,9H2,1-3H3,(H,17,18). The Bertz CT molecular complexity index is 464. The van der Waals surface area contributed by atoms with E-state index >= 15 is 0 Å². The van der Waals surface area contributed by atoms with E-state index in [9.17, 15) is 9.18 Å². The molecule has 0 radical (unpaired) electrons. The van der Waals surface area contributed by atoms with E-state index in [2.05, 4.69) is 19.2 Å². The summed E-state index contributed by atoms with van der Waals surface area (Å²) in [5.74, 6) is -0.198. The van der Waals surface area contributed by atoms with Crippen molar-refractivity contribution >= 4 is 5.91 Å². The van der Waals surface area contributed by atoms with Crippen LogP contribution in [0.5, 0.6) is 0 Å². The van der Waals surface area contributed by atoms with Crippen LogP contribution in [0.2, 0.25) is 0 Å². The van der Waals surface area contributed by atoms with E-state index < -0.39 is 5.82 Å². The fraction of sp³-hybridized carbons (Fsp3) is 0.533. The van der Waals surface area contributed by atoms with Crippen molar-refractivity contribution < 1.29 is 9.18 Å². The third-order valence-corrected chi connectivity index (χ3v) is 4.08. The Balaban J connectivity index is 2.02. The SMILES string of the molecule is Cc1ccc(F)c(C(=O)NCC2(C(C)C)CC2)c1. The van der Waals surface area contributed by atoms with E-state index in [1.165, 1.54) is 6.07 Å². The summed E-state index contributed by atoms with van der Waals surface area (Å²) in [6, 6.07) is 4.61. The molecule has 1 aliphatic rings. The highest BCUT2D eigenvalue weighted by atomic mass is 19.1. The van der Waals surface area contributed by atoms with Gasteiger partial charge in [-0.2, -0.15) is 0 Å². The first-order valence-corrected chi connectivity index (χ1v) is 6.49. The van der Waals surface area contributed by atoms with Crippen LogP contribution in [0.3, 0.4) is 0 Å². The van der Waals surface area contributed by atoms with Crippen molar-refractivity contribution in [2.45, 2.75) is 33.6 Å². The highest BCUT2D eigenvalue weighted by molar-refractivity contribution is 5.94. The lowest BCUT2D eigenvalue weighted by atomic mass is 9.92. The quantitative estimate of drug-likeness (QED) is 0.871. The minimum Gasteiger partial charge on any atom is -0.351 e. The summed E-state index contributed by atoms with van der Waals surface area (Å²) in [5, 5.41) is 2.87. The zero-order valence-electron chi connectivity index (χ0n) is 11.2. The summed E-state index contributed by atoms with van der Waals surface area (Å²) in [6.07, 6.45) is 2.31. The molecule has 1 saturated carbocycles. The van der Waals surface area contributed by atoms with Crippen LogP contribution >= 0.6 is 0 Å². The molecule has 2 rings (SSSR count). The highest BCUT2D eigenvalue weighted by Crippen LogP contribution is 2.51. The molecule has 3 heteroatoms. The lowest BCUT2D eigenvalue weighted by molar-refractivity contribution is 0.0935. The van der Waals surface area contributed by atoms with Gasteiger partial charge >= 0.3 is 0 Å². The molecule has 0 spiro atoms. The maximum absolute atomic E-state index is 13.6. The molecule has 0 atom stereocenters.